The van der Waals surface area contributed by atoms with E-state index < -0.39 is 34.0 Å². The molecule has 0 spiro atoms. The van der Waals surface area contributed by atoms with Crippen LogP contribution < -0.4 is 9.46 Å². The molecule has 21 heavy (non-hydrogen) atoms. The highest BCUT2D eigenvalue weighted by atomic mass is 32.2. The SMILES string of the molecule is COc1ccc(F)cc1S(=O)(=O)N[C@@H]1CCO[C@@H]1C(=O)O. The molecule has 2 N–H and O–H groups in total. The zero-order valence-electron chi connectivity index (χ0n) is 11.1. The van der Waals surface area contributed by atoms with Crippen molar-refractivity contribution < 1.29 is 32.2 Å². The molecule has 1 heterocycles. The van der Waals surface area contributed by atoms with Crippen molar-refractivity contribution in [3.63, 3.8) is 0 Å². The number of aliphatic carboxylic acids is 1. The van der Waals surface area contributed by atoms with E-state index >= 15 is 0 Å². The van der Waals surface area contributed by atoms with Gasteiger partial charge in [-0.3, -0.25) is 0 Å². The van der Waals surface area contributed by atoms with Crippen LogP contribution in [-0.4, -0.2) is 45.4 Å². The van der Waals surface area contributed by atoms with Crippen LogP contribution in [0.25, 0.3) is 0 Å². The van der Waals surface area contributed by atoms with Gasteiger partial charge in [-0.05, 0) is 24.6 Å². The fourth-order valence-electron chi connectivity index (χ4n) is 2.08. The number of methoxy groups -OCH3 is 1. The molecule has 7 nitrogen and oxygen atoms in total. The Labute approximate surface area is 120 Å². The van der Waals surface area contributed by atoms with Crippen molar-refractivity contribution in [3.05, 3.63) is 24.0 Å². The second-order valence-electron chi connectivity index (χ2n) is 4.44. The first-order chi connectivity index (χ1) is 9.85. The third-order valence-corrected chi connectivity index (χ3v) is 4.57. The van der Waals surface area contributed by atoms with E-state index in [1.807, 2.05) is 0 Å². The number of carbonyl (C=O) groups is 1. The quantitative estimate of drug-likeness (QED) is 0.812. The summed E-state index contributed by atoms with van der Waals surface area (Å²) in [5, 5.41) is 8.95. The number of carboxylic acid groups (broad SMARTS) is 1. The standard InChI is InChI=1S/C12H14FNO6S/c1-19-9-3-2-7(13)6-10(9)21(17,18)14-8-4-5-20-11(8)12(15)16/h2-3,6,8,11,14H,4-5H2,1H3,(H,15,16)/t8-,11+/m1/s1. The third-order valence-electron chi connectivity index (χ3n) is 3.06. The lowest BCUT2D eigenvalue weighted by atomic mass is 10.1. The second kappa shape index (κ2) is 5.96. The van der Waals surface area contributed by atoms with Crippen molar-refractivity contribution in [3.8, 4) is 5.75 Å². The molecule has 0 unspecified atom stereocenters. The third kappa shape index (κ3) is 3.31. The fraction of sp³-hybridized carbons (Fsp3) is 0.417. The van der Waals surface area contributed by atoms with E-state index in [1.165, 1.54) is 13.2 Å². The number of hydrogen-bond acceptors (Lipinski definition) is 5. The van der Waals surface area contributed by atoms with Gasteiger partial charge in [0.15, 0.2) is 6.10 Å². The van der Waals surface area contributed by atoms with Crippen LogP contribution in [0.5, 0.6) is 5.75 Å². The molecule has 1 aliphatic heterocycles. The van der Waals surface area contributed by atoms with E-state index in [0.29, 0.717) is 0 Å². The minimum atomic E-state index is -4.13. The van der Waals surface area contributed by atoms with Gasteiger partial charge in [0, 0.05) is 6.61 Å². The van der Waals surface area contributed by atoms with Crippen molar-refractivity contribution in [2.24, 2.45) is 0 Å². The molecule has 1 saturated heterocycles. The molecule has 1 aromatic carbocycles. The van der Waals surface area contributed by atoms with Gasteiger partial charge in [0.25, 0.3) is 0 Å². The summed E-state index contributed by atoms with van der Waals surface area (Å²) in [7, 11) is -2.88. The predicted molar refractivity (Wildman–Crippen MR) is 69.1 cm³/mol. The van der Waals surface area contributed by atoms with Gasteiger partial charge in [0.1, 0.15) is 16.5 Å². The largest absolute Gasteiger partial charge is 0.495 e. The lowest BCUT2D eigenvalue weighted by Gasteiger charge is -2.17. The van der Waals surface area contributed by atoms with E-state index in [0.717, 1.165) is 12.1 Å². The molecule has 2 atom stereocenters. The van der Waals surface area contributed by atoms with E-state index in [4.69, 9.17) is 14.6 Å². The first kappa shape index (κ1) is 15.7. The first-order valence-electron chi connectivity index (χ1n) is 6.05. The van der Waals surface area contributed by atoms with Crippen LogP contribution in [0.4, 0.5) is 4.39 Å². The van der Waals surface area contributed by atoms with E-state index in [9.17, 15) is 17.6 Å². The van der Waals surface area contributed by atoms with Crippen molar-refractivity contribution in [2.75, 3.05) is 13.7 Å². The van der Waals surface area contributed by atoms with Crippen LogP contribution in [0.15, 0.2) is 23.1 Å². The van der Waals surface area contributed by atoms with Crippen molar-refractivity contribution in [2.45, 2.75) is 23.5 Å². The average molecular weight is 319 g/mol. The summed E-state index contributed by atoms with van der Waals surface area (Å²) < 4.78 is 49.9. The molecular formula is C12H14FNO6S. The molecule has 1 fully saturated rings. The molecule has 0 amide bonds. The summed E-state index contributed by atoms with van der Waals surface area (Å²) in [6.07, 6.45) is -1.05. The van der Waals surface area contributed by atoms with Gasteiger partial charge < -0.3 is 14.6 Å². The highest BCUT2D eigenvalue weighted by Gasteiger charge is 2.37. The van der Waals surface area contributed by atoms with Crippen LogP contribution in [0.3, 0.4) is 0 Å². The molecule has 116 valence electrons. The average Bonchev–Trinajstić information content (AvgIpc) is 2.86. The van der Waals surface area contributed by atoms with Crippen LogP contribution in [0, 0.1) is 5.82 Å². The van der Waals surface area contributed by atoms with E-state index in [1.54, 1.807) is 0 Å². The minimum Gasteiger partial charge on any atom is -0.495 e. The fourth-order valence-corrected chi connectivity index (χ4v) is 3.53. The van der Waals surface area contributed by atoms with Gasteiger partial charge in [-0.25, -0.2) is 22.3 Å². The number of sulfonamides is 1. The number of rotatable bonds is 5. The highest BCUT2D eigenvalue weighted by molar-refractivity contribution is 7.89. The van der Waals surface area contributed by atoms with Gasteiger partial charge in [-0.1, -0.05) is 0 Å². The Morgan fingerprint density at radius 3 is 2.86 bits per heavy atom. The Morgan fingerprint density at radius 2 is 2.24 bits per heavy atom. The van der Waals surface area contributed by atoms with Crippen LogP contribution in [-0.2, 0) is 19.6 Å². The summed E-state index contributed by atoms with van der Waals surface area (Å²) in [5.74, 6) is -2.03. The summed E-state index contributed by atoms with van der Waals surface area (Å²) >= 11 is 0. The summed E-state index contributed by atoms with van der Waals surface area (Å²) in [6.45, 7) is 0.129. The number of hydrogen-bond donors (Lipinski definition) is 2. The maximum absolute atomic E-state index is 13.3. The Kier molecular flexibility index (Phi) is 4.45. The lowest BCUT2D eigenvalue weighted by molar-refractivity contribution is -0.148. The van der Waals surface area contributed by atoms with Crippen molar-refractivity contribution >= 4 is 16.0 Å². The second-order valence-corrected chi connectivity index (χ2v) is 6.12. The first-order valence-corrected chi connectivity index (χ1v) is 7.54. The minimum absolute atomic E-state index is 0.0327. The van der Waals surface area contributed by atoms with Crippen LogP contribution >= 0.6 is 0 Å². The van der Waals surface area contributed by atoms with Gasteiger partial charge in [0.2, 0.25) is 10.0 Å². The summed E-state index contributed by atoms with van der Waals surface area (Å²) in [5.41, 5.74) is 0. The zero-order valence-corrected chi connectivity index (χ0v) is 11.9. The Morgan fingerprint density at radius 1 is 1.52 bits per heavy atom. The number of carboxylic acids is 1. The number of halogens is 1. The monoisotopic (exact) mass is 319 g/mol. The molecule has 1 aliphatic rings. The zero-order chi connectivity index (χ0) is 15.6. The van der Waals surface area contributed by atoms with Gasteiger partial charge >= 0.3 is 5.97 Å². The van der Waals surface area contributed by atoms with Crippen LogP contribution in [0.1, 0.15) is 6.42 Å². The van der Waals surface area contributed by atoms with Crippen molar-refractivity contribution in [1.82, 2.24) is 4.72 Å². The Bertz CT molecular complexity index is 647. The summed E-state index contributed by atoms with van der Waals surface area (Å²) in [6, 6.07) is 2.15. The number of ether oxygens (including phenoxy) is 2. The van der Waals surface area contributed by atoms with Crippen LogP contribution in [0.2, 0.25) is 0 Å². The smallest absolute Gasteiger partial charge is 0.334 e. The summed E-state index contributed by atoms with van der Waals surface area (Å²) in [4.78, 5) is 10.6. The molecule has 0 saturated carbocycles. The van der Waals surface area contributed by atoms with Gasteiger partial charge in [0.05, 0.1) is 13.2 Å². The molecular weight excluding hydrogens is 305 g/mol. The normalized spacial score (nSPS) is 22.2. The van der Waals surface area contributed by atoms with Gasteiger partial charge in [-0.15, -0.1) is 0 Å². The molecule has 1 aromatic rings. The topological polar surface area (TPSA) is 102 Å². The molecule has 0 aliphatic carbocycles. The maximum atomic E-state index is 13.3. The van der Waals surface area contributed by atoms with E-state index in [2.05, 4.69) is 4.72 Å². The molecule has 0 aromatic heterocycles. The van der Waals surface area contributed by atoms with E-state index in [-0.39, 0.29) is 23.7 Å². The Hall–Kier alpha value is -1.71. The molecule has 9 heteroatoms. The molecule has 0 radical (unpaired) electrons. The number of benzene rings is 1. The maximum Gasteiger partial charge on any atom is 0.334 e. The van der Waals surface area contributed by atoms with Crippen molar-refractivity contribution in [1.29, 1.82) is 0 Å². The lowest BCUT2D eigenvalue weighted by Crippen LogP contribution is -2.44. The number of nitrogens with one attached hydrogen (secondary N) is 1. The predicted octanol–water partition coefficient (Wildman–Crippen LogP) is 0.355. The van der Waals surface area contributed by atoms with Gasteiger partial charge in [-0.2, -0.15) is 0 Å². The molecule has 0 bridgehead atoms. The highest BCUT2D eigenvalue weighted by Crippen LogP contribution is 2.26. The molecule has 2 rings (SSSR count). The Balaban J connectivity index is 2.30.